The van der Waals surface area contributed by atoms with Gasteiger partial charge in [0.2, 0.25) is 0 Å². The van der Waals surface area contributed by atoms with Crippen LogP contribution in [0.4, 0.5) is 5.82 Å². The number of hydrogen-bond acceptors (Lipinski definition) is 3. The van der Waals surface area contributed by atoms with Crippen LogP contribution in [0.3, 0.4) is 0 Å². The van der Waals surface area contributed by atoms with Crippen molar-refractivity contribution in [2.45, 2.75) is 19.9 Å². The van der Waals surface area contributed by atoms with E-state index in [2.05, 4.69) is 10.3 Å². The van der Waals surface area contributed by atoms with Crippen molar-refractivity contribution in [2.24, 2.45) is 0 Å². The fraction of sp³-hybridized carbons (Fsp3) is 0.200. The lowest BCUT2D eigenvalue weighted by molar-refractivity contribution is 0.0696. The third kappa shape index (κ3) is 3.27. The van der Waals surface area contributed by atoms with E-state index in [0.717, 1.165) is 5.56 Å². The van der Waals surface area contributed by atoms with E-state index in [1.807, 2.05) is 31.2 Å². The van der Waals surface area contributed by atoms with E-state index >= 15 is 0 Å². The highest BCUT2D eigenvalue weighted by Gasteiger charge is 2.12. The van der Waals surface area contributed by atoms with E-state index in [0.29, 0.717) is 16.5 Å². The highest BCUT2D eigenvalue weighted by Crippen LogP contribution is 2.25. The molecule has 1 aromatic carbocycles. The van der Waals surface area contributed by atoms with Crippen molar-refractivity contribution in [1.82, 2.24) is 4.98 Å². The molecule has 0 amide bonds. The number of nitrogens with zero attached hydrogens (tertiary/aromatic N) is 1. The summed E-state index contributed by atoms with van der Waals surface area (Å²) in [6, 6.07) is 10.5. The Bertz CT molecular complexity index is 644. The van der Waals surface area contributed by atoms with Crippen molar-refractivity contribution in [3.05, 3.63) is 58.2 Å². The second-order valence-corrected chi connectivity index (χ2v) is 4.98. The van der Waals surface area contributed by atoms with E-state index in [-0.39, 0.29) is 11.6 Å². The zero-order valence-corrected chi connectivity index (χ0v) is 12.0. The first-order valence-electron chi connectivity index (χ1n) is 6.20. The quantitative estimate of drug-likeness (QED) is 0.896. The molecule has 1 aromatic heterocycles. The van der Waals surface area contributed by atoms with Crippen molar-refractivity contribution in [2.75, 3.05) is 5.32 Å². The minimum absolute atomic E-state index is 0.0698. The van der Waals surface area contributed by atoms with Crippen LogP contribution in [0, 0.1) is 6.92 Å². The van der Waals surface area contributed by atoms with Crippen molar-refractivity contribution in [3.63, 3.8) is 0 Å². The minimum atomic E-state index is -0.969. The van der Waals surface area contributed by atoms with E-state index in [9.17, 15) is 4.79 Å². The molecule has 0 aliphatic rings. The molecule has 0 radical (unpaired) electrons. The van der Waals surface area contributed by atoms with Gasteiger partial charge in [0.25, 0.3) is 0 Å². The van der Waals surface area contributed by atoms with Crippen LogP contribution in [0.25, 0.3) is 0 Å². The summed E-state index contributed by atoms with van der Waals surface area (Å²) in [5.74, 6) is -0.446. The summed E-state index contributed by atoms with van der Waals surface area (Å²) in [4.78, 5) is 15.3. The number of carbonyl (C=O) groups is 1. The van der Waals surface area contributed by atoms with Crippen LogP contribution < -0.4 is 5.32 Å². The van der Waals surface area contributed by atoms with Gasteiger partial charge in [-0.3, -0.25) is 0 Å². The summed E-state index contributed by atoms with van der Waals surface area (Å²) in [6.07, 6.45) is 0. The molecule has 0 saturated heterocycles. The first kappa shape index (κ1) is 14.3. The van der Waals surface area contributed by atoms with Crippen molar-refractivity contribution < 1.29 is 9.90 Å². The molecule has 1 heterocycles. The zero-order valence-electron chi connectivity index (χ0n) is 11.2. The average molecular weight is 291 g/mol. The van der Waals surface area contributed by atoms with E-state index in [1.165, 1.54) is 12.1 Å². The summed E-state index contributed by atoms with van der Waals surface area (Å²) < 4.78 is 0. The van der Waals surface area contributed by atoms with Crippen molar-refractivity contribution in [1.29, 1.82) is 0 Å². The molecule has 0 spiro atoms. The molecule has 1 atom stereocenters. The lowest BCUT2D eigenvalue weighted by Gasteiger charge is -2.17. The number of aromatic carboxylic acids is 1. The first-order chi connectivity index (χ1) is 9.47. The van der Waals surface area contributed by atoms with E-state index in [1.54, 1.807) is 6.92 Å². The van der Waals surface area contributed by atoms with Crippen LogP contribution in [-0.4, -0.2) is 16.1 Å². The second-order valence-electron chi connectivity index (χ2n) is 4.58. The van der Waals surface area contributed by atoms with Crippen LogP contribution in [0.1, 0.15) is 34.6 Å². The molecule has 0 aliphatic heterocycles. The Balaban J connectivity index is 2.26. The number of aryl methyl sites for hydroxylation is 1. The van der Waals surface area contributed by atoms with Crippen LogP contribution in [0.5, 0.6) is 0 Å². The number of aromatic nitrogens is 1. The summed E-state index contributed by atoms with van der Waals surface area (Å²) in [5.41, 5.74) is 1.81. The van der Waals surface area contributed by atoms with Gasteiger partial charge in [-0.25, -0.2) is 9.78 Å². The van der Waals surface area contributed by atoms with Gasteiger partial charge in [-0.2, -0.15) is 0 Å². The molecule has 0 saturated carbocycles. The molecule has 20 heavy (non-hydrogen) atoms. The predicted molar refractivity (Wildman–Crippen MR) is 79.4 cm³/mol. The Hall–Kier alpha value is -2.07. The topological polar surface area (TPSA) is 62.2 Å². The van der Waals surface area contributed by atoms with Gasteiger partial charge in [0.05, 0.1) is 11.6 Å². The number of hydrogen-bond donors (Lipinski definition) is 2. The number of carboxylic acids is 1. The van der Waals surface area contributed by atoms with Crippen LogP contribution in [0.2, 0.25) is 5.02 Å². The number of halogens is 1. The largest absolute Gasteiger partial charge is 0.478 e. The van der Waals surface area contributed by atoms with Gasteiger partial charge in [0.1, 0.15) is 5.82 Å². The molecule has 0 bridgehead atoms. The molecule has 104 valence electrons. The highest BCUT2D eigenvalue weighted by molar-refractivity contribution is 6.31. The maximum absolute atomic E-state index is 11.0. The summed E-state index contributed by atoms with van der Waals surface area (Å²) >= 11 is 6.14. The Morgan fingerprint density at radius 3 is 2.70 bits per heavy atom. The minimum Gasteiger partial charge on any atom is -0.478 e. The standard InChI is InChI=1S/C15H15ClN2O2/c1-9-7-11(15(19)20)8-14(17-9)18-10(2)12-5-3-4-6-13(12)16/h3-8,10H,1-2H3,(H,17,18)(H,19,20). The number of carboxylic acid groups (broad SMARTS) is 1. The summed E-state index contributed by atoms with van der Waals surface area (Å²) in [5, 5.41) is 12.9. The maximum atomic E-state index is 11.0. The molecular weight excluding hydrogens is 276 g/mol. The van der Waals surface area contributed by atoms with Gasteiger partial charge in [0, 0.05) is 10.7 Å². The second kappa shape index (κ2) is 5.92. The summed E-state index contributed by atoms with van der Waals surface area (Å²) in [6.45, 7) is 3.71. The predicted octanol–water partition coefficient (Wildman–Crippen LogP) is 3.91. The monoisotopic (exact) mass is 290 g/mol. The van der Waals surface area contributed by atoms with E-state index < -0.39 is 5.97 Å². The fourth-order valence-electron chi connectivity index (χ4n) is 1.99. The van der Waals surface area contributed by atoms with Gasteiger partial charge in [-0.1, -0.05) is 29.8 Å². The molecule has 2 N–H and O–H groups in total. The zero-order chi connectivity index (χ0) is 14.7. The lowest BCUT2D eigenvalue weighted by Crippen LogP contribution is -2.10. The smallest absolute Gasteiger partial charge is 0.335 e. The molecule has 5 heteroatoms. The number of pyridine rings is 1. The lowest BCUT2D eigenvalue weighted by atomic mass is 10.1. The Kier molecular flexibility index (Phi) is 4.25. The molecule has 0 fully saturated rings. The van der Waals surface area contributed by atoms with Crippen molar-refractivity contribution >= 4 is 23.4 Å². The van der Waals surface area contributed by atoms with E-state index in [4.69, 9.17) is 16.7 Å². The normalized spacial score (nSPS) is 11.9. The highest BCUT2D eigenvalue weighted by atomic mass is 35.5. The molecular formula is C15H15ClN2O2. The van der Waals surface area contributed by atoms with Crippen LogP contribution >= 0.6 is 11.6 Å². The number of rotatable bonds is 4. The number of nitrogens with one attached hydrogen (secondary N) is 1. The molecule has 2 rings (SSSR count). The van der Waals surface area contributed by atoms with Gasteiger partial charge in [-0.05, 0) is 37.6 Å². The van der Waals surface area contributed by atoms with Crippen molar-refractivity contribution in [3.8, 4) is 0 Å². The number of anilines is 1. The SMILES string of the molecule is Cc1cc(C(=O)O)cc(NC(C)c2ccccc2Cl)n1. The maximum Gasteiger partial charge on any atom is 0.335 e. The first-order valence-corrected chi connectivity index (χ1v) is 6.58. The Morgan fingerprint density at radius 1 is 1.35 bits per heavy atom. The average Bonchev–Trinajstić information content (AvgIpc) is 2.38. The third-order valence-electron chi connectivity index (χ3n) is 2.94. The number of benzene rings is 1. The molecule has 1 unspecified atom stereocenters. The Morgan fingerprint density at radius 2 is 2.05 bits per heavy atom. The molecule has 2 aromatic rings. The van der Waals surface area contributed by atoms with Gasteiger partial charge < -0.3 is 10.4 Å². The van der Waals surface area contributed by atoms with Gasteiger partial charge in [-0.15, -0.1) is 0 Å². The van der Waals surface area contributed by atoms with Crippen LogP contribution in [-0.2, 0) is 0 Å². The Labute approximate surface area is 122 Å². The molecule has 0 aliphatic carbocycles. The third-order valence-corrected chi connectivity index (χ3v) is 3.28. The van der Waals surface area contributed by atoms with Gasteiger partial charge >= 0.3 is 5.97 Å². The summed E-state index contributed by atoms with van der Waals surface area (Å²) in [7, 11) is 0. The van der Waals surface area contributed by atoms with Gasteiger partial charge in [0.15, 0.2) is 0 Å². The van der Waals surface area contributed by atoms with Crippen LogP contribution in [0.15, 0.2) is 36.4 Å². The molecule has 4 nitrogen and oxygen atoms in total. The fourth-order valence-corrected chi connectivity index (χ4v) is 2.29.